The van der Waals surface area contributed by atoms with E-state index in [1.54, 1.807) is 6.20 Å². The zero-order chi connectivity index (χ0) is 8.85. The minimum absolute atomic E-state index is 0.996. The number of likely N-dealkylation sites (N-methyl/N-ethyl adjacent to an activating group) is 1. The van der Waals surface area contributed by atoms with E-state index in [2.05, 4.69) is 18.0 Å². The molecule has 2 nitrogen and oxygen atoms in total. The van der Waals surface area contributed by atoms with Gasteiger partial charge in [0.1, 0.15) is 0 Å². The molecule has 1 aliphatic rings. The number of nitrogens with two attached hydrogens (primary N) is 1. The second-order valence-electron chi connectivity index (χ2n) is 2.22. The van der Waals surface area contributed by atoms with Crippen molar-refractivity contribution in [1.29, 1.82) is 0 Å². The summed E-state index contributed by atoms with van der Waals surface area (Å²) < 4.78 is 0. The predicted octanol–water partition coefficient (Wildman–Crippen LogP) is 1.70. The van der Waals surface area contributed by atoms with E-state index >= 15 is 0 Å². The van der Waals surface area contributed by atoms with Crippen LogP contribution in [0.25, 0.3) is 0 Å². The van der Waals surface area contributed by atoms with Crippen molar-refractivity contribution in [1.82, 2.24) is 4.90 Å². The minimum atomic E-state index is 0.996. The van der Waals surface area contributed by atoms with Gasteiger partial charge in [0.15, 0.2) is 0 Å². The lowest BCUT2D eigenvalue weighted by Gasteiger charge is -2.35. The molecular weight excluding hydrogens is 136 g/mol. The van der Waals surface area contributed by atoms with Gasteiger partial charge in [0.05, 0.1) is 0 Å². The molecule has 0 aromatic carbocycles. The Bertz CT molecular complexity index is 168. The molecule has 0 aliphatic carbocycles. The van der Waals surface area contributed by atoms with Gasteiger partial charge in [0, 0.05) is 31.1 Å². The maximum atomic E-state index is 5.33. The van der Waals surface area contributed by atoms with Gasteiger partial charge >= 0.3 is 0 Å². The van der Waals surface area contributed by atoms with Gasteiger partial charge in [-0.25, -0.2) is 0 Å². The number of nitrogens with zero attached hydrogens (tertiary/aromatic N) is 1. The molecule has 1 aliphatic heterocycles. The van der Waals surface area contributed by atoms with Crippen LogP contribution < -0.4 is 5.73 Å². The van der Waals surface area contributed by atoms with Crippen LogP contribution in [0.3, 0.4) is 0 Å². The van der Waals surface area contributed by atoms with Gasteiger partial charge in [-0.2, -0.15) is 0 Å². The first-order chi connectivity index (χ1) is 5.29. The van der Waals surface area contributed by atoms with Crippen molar-refractivity contribution in [2.75, 3.05) is 13.6 Å². The van der Waals surface area contributed by atoms with E-state index in [4.69, 9.17) is 5.73 Å². The fourth-order valence-electron chi connectivity index (χ4n) is 1.12. The summed E-state index contributed by atoms with van der Waals surface area (Å²) in [5, 5.41) is 0. The van der Waals surface area contributed by atoms with E-state index in [1.165, 1.54) is 11.3 Å². The fourth-order valence-corrected chi connectivity index (χ4v) is 1.12. The SMILES string of the molecule is C/C=C1\C(=C/N)CN1C.CC. The van der Waals surface area contributed by atoms with Gasteiger partial charge in [-0.1, -0.05) is 19.9 Å². The lowest BCUT2D eigenvalue weighted by molar-refractivity contribution is 0.387. The number of hydrogen-bond acceptors (Lipinski definition) is 2. The van der Waals surface area contributed by atoms with Crippen LogP contribution in [-0.4, -0.2) is 18.5 Å². The third-order valence-electron chi connectivity index (χ3n) is 1.62. The van der Waals surface area contributed by atoms with Crippen molar-refractivity contribution in [3.63, 3.8) is 0 Å². The van der Waals surface area contributed by atoms with Gasteiger partial charge in [-0.05, 0) is 6.92 Å². The second kappa shape index (κ2) is 4.83. The molecule has 64 valence electrons. The molecule has 11 heavy (non-hydrogen) atoms. The Morgan fingerprint density at radius 2 is 2.00 bits per heavy atom. The second-order valence-corrected chi connectivity index (χ2v) is 2.22. The molecular formula is C9H18N2. The molecule has 0 saturated carbocycles. The summed E-state index contributed by atoms with van der Waals surface area (Å²) in [5.41, 5.74) is 7.84. The van der Waals surface area contributed by atoms with Crippen molar-refractivity contribution < 1.29 is 0 Å². The minimum Gasteiger partial charge on any atom is -0.404 e. The zero-order valence-corrected chi connectivity index (χ0v) is 7.89. The molecule has 1 fully saturated rings. The van der Waals surface area contributed by atoms with E-state index in [0.717, 1.165) is 6.54 Å². The van der Waals surface area contributed by atoms with Crippen LogP contribution >= 0.6 is 0 Å². The van der Waals surface area contributed by atoms with Crippen LogP contribution in [0.5, 0.6) is 0 Å². The highest BCUT2D eigenvalue weighted by Crippen LogP contribution is 2.24. The maximum absolute atomic E-state index is 5.33. The predicted molar refractivity (Wildman–Crippen MR) is 50.0 cm³/mol. The topological polar surface area (TPSA) is 29.3 Å². The average Bonchev–Trinajstić information content (AvgIpc) is 2.04. The van der Waals surface area contributed by atoms with Gasteiger partial charge in [-0.15, -0.1) is 0 Å². The molecule has 0 aromatic heterocycles. The standard InChI is InChI=1S/C7H12N2.C2H6/c1-3-7-6(4-8)5-9(7)2;1-2/h3-4H,5,8H2,1-2H3;1-2H3/b6-4-,7-3+;. The Kier molecular flexibility index (Phi) is 4.42. The first kappa shape index (κ1) is 10.1. The third-order valence-corrected chi connectivity index (χ3v) is 1.62. The lowest BCUT2D eigenvalue weighted by Crippen LogP contribution is -2.34. The summed E-state index contributed by atoms with van der Waals surface area (Å²) in [7, 11) is 2.06. The molecule has 2 N–H and O–H groups in total. The number of rotatable bonds is 0. The molecule has 0 unspecified atom stereocenters. The molecule has 0 radical (unpaired) electrons. The Morgan fingerprint density at radius 1 is 1.45 bits per heavy atom. The Morgan fingerprint density at radius 3 is 2.18 bits per heavy atom. The summed E-state index contributed by atoms with van der Waals surface area (Å²) in [4.78, 5) is 2.17. The monoisotopic (exact) mass is 154 g/mol. The van der Waals surface area contributed by atoms with E-state index < -0.39 is 0 Å². The maximum Gasteiger partial charge on any atom is 0.0460 e. The van der Waals surface area contributed by atoms with Crippen LogP contribution in [-0.2, 0) is 0 Å². The lowest BCUT2D eigenvalue weighted by atomic mass is 10.0. The highest BCUT2D eigenvalue weighted by molar-refractivity contribution is 5.38. The highest BCUT2D eigenvalue weighted by Gasteiger charge is 2.19. The average molecular weight is 154 g/mol. The normalized spacial score (nSPS) is 22.7. The molecule has 2 heteroatoms. The molecule has 0 atom stereocenters. The molecule has 0 aromatic rings. The molecule has 0 bridgehead atoms. The van der Waals surface area contributed by atoms with E-state index in [-0.39, 0.29) is 0 Å². The van der Waals surface area contributed by atoms with Crippen LogP contribution in [0.4, 0.5) is 0 Å². The summed E-state index contributed by atoms with van der Waals surface area (Å²) in [6.07, 6.45) is 3.75. The van der Waals surface area contributed by atoms with Crippen LogP contribution in [0.2, 0.25) is 0 Å². The van der Waals surface area contributed by atoms with Gasteiger partial charge in [0.2, 0.25) is 0 Å². The van der Waals surface area contributed by atoms with E-state index in [9.17, 15) is 0 Å². The molecule has 1 rings (SSSR count). The first-order valence-corrected chi connectivity index (χ1v) is 4.08. The van der Waals surface area contributed by atoms with Crippen molar-refractivity contribution in [2.45, 2.75) is 20.8 Å². The summed E-state index contributed by atoms with van der Waals surface area (Å²) in [6, 6.07) is 0. The largest absolute Gasteiger partial charge is 0.404 e. The van der Waals surface area contributed by atoms with Gasteiger partial charge < -0.3 is 10.6 Å². The summed E-state index contributed by atoms with van der Waals surface area (Å²) in [6.45, 7) is 7.02. The van der Waals surface area contributed by atoms with Gasteiger partial charge in [0.25, 0.3) is 0 Å². The third kappa shape index (κ3) is 2.00. The quantitative estimate of drug-likeness (QED) is 0.575. The van der Waals surface area contributed by atoms with E-state index in [0.29, 0.717) is 0 Å². The fraction of sp³-hybridized carbons (Fsp3) is 0.556. The Labute approximate surface area is 69.4 Å². The first-order valence-electron chi connectivity index (χ1n) is 4.08. The number of likely N-dealkylation sites (tertiary alicyclic amines) is 1. The summed E-state index contributed by atoms with van der Waals surface area (Å²) in [5.74, 6) is 0. The van der Waals surface area contributed by atoms with Crippen LogP contribution in [0, 0.1) is 0 Å². The number of hydrogen-bond donors (Lipinski definition) is 1. The van der Waals surface area contributed by atoms with Crippen molar-refractivity contribution in [3.05, 3.63) is 23.5 Å². The van der Waals surface area contributed by atoms with Crippen molar-refractivity contribution in [3.8, 4) is 0 Å². The van der Waals surface area contributed by atoms with Crippen LogP contribution in [0.1, 0.15) is 20.8 Å². The molecule has 0 spiro atoms. The smallest absolute Gasteiger partial charge is 0.0460 e. The van der Waals surface area contributed by atoms with Crippen molar-refractivity contribution >= 4 is 0 Å². The molecule has 1 heterocycles. The number of allylic oxidation sites excluding steroid dienone is 1. The zero-order valence-electron chi connectivity index (χ0n) is 7.89. The highest BCUT2D eigenvalue weighted by atomic mass is 15.2. The molecule has 0 amide bonds. The Hall–Kier alpha value is -0.920. The van der Waals surface area contributed by atoms with Gasteiger partial charge in [-0.3, -0.25) is 0 Å². The van der Waals surface area contributed by atoms with E-state index in [1.807, 2.05) is 20.8 Å². The summed E-state index contributed by atoms with van der Waals surface area (Å²) >= 11 is 0. The molecule has 1 saturated heterocycles. The van der Waals surface area contributed by atoms with Crippen molar-refractivity contribution in [2.24, 2.45) is 5.73 Å². The Balaban J connectivity index is 0.000000461. The van der Waals surface area contributed by atoms with Crippen LogP contribution in [0.15, 0.2) is 23.5 Å².